The van der Waals surface area contributed by atoms with Gasteiger partial charge in [-0.25, -0.2) is 0 Å². The van der Waals surface area contributed by atoms with Gasteiger partial charge < -0.3 is 10.6 Å². The second kappa shape index (κ2) is 7.65. The van der Waals surface area contributed by atoms with E-state index in [1.54, 1.807) is 0 Å². The van der Waals surface area contributed by atoms with Crippen LogP contribution in [0.3, 0.4) is 0 Å². The van der Waals surface area contributed by atoms with Crippen molar-refractivity contribution in [3.63, 3.8) is 0 Å². The van der Waals surface area contributed by atoms with Gasteiger partial charge in [0.15, 0.2) is 0 Å². The normalized spacial score (nSPS) is 10.5. The van der Waals surface area contributed by atoms with Gasteiger partial charge in [-0.05, 0) is 48.2 Å². The third-order valence-electron chi connectivity index (χ3n) is 3.45. The molecule has 0 amide bonds. The zero-order chi connectivity index (χ0) is 14.2. The molecule has 0 radical (unpaired) electrons. The smallest absolute Gasteiger partial charge is 0.0366 e. The van der Waals surface area contributed by atoms with Crippen molar-refractivity contribution in [2.75, 3.05) is 18.0 Å². The Bertz CT molecular complexity index is 493. The lowest BCUT2D eigenvalue weighted by Gasteiger charge is -2.24. The molecule has 0 fully saturated rings. The highest BCUT2D eigenvalue weighted by molar-refractivity contribution is 5.47. The second-order valence-electron chi connectivity index (χ2n) is 4.96. The standard InChI is InChI=1S/C17H23N3/c1-2-12-20(13-9-15-7-10-19-11-8-15)17-5-3-16(14-18)4-6-17/h3-8,10-11H,2,9,12-14,18H2,1H3. The summed E-state index contributed by atoms with van der Waals surface area (Å²) >= 11 is 0. The first-order valence-electron chi connectivity index (χ1n) is 7.26. The van der Waals surface area contributed by atoms with Gasteiger partial charge in [-0.15, -0.1) is 0 Å². The van der Waals surface area contributed by atoms with Gasteiger partial charge in [-0.2, -0.15) is 0 Å². The topological polar surface area (TPSA) is 42.2 Å². The van der Waals surface area contributed by atoms with E-state index in [1.165, 1.54) is 16.8 Å². The molecule has 1 aromatic heterocycles. The van der Waals surface area contributed by atoms with Gasteiger partial charge in [-0.1, -0.05) is 19.1 Å². The van der Waals surface area contributed by atoms with Gasteiger partial charge >= 0.3 is 0 Å². The highest BCUT2D eigenvalue weighted by atomic mass is 15.1. The summed E-state index contributed by atoms with van der Waals surface area (Å²) in [4.78, 5) is 6.49. The fourth-order valence-electron chi connectivity index (χ4n) is 2.30. The Labute approximate surface area is 121 Å². The molecule has 0 aliphatic carbocycles. The third kappa shape index (κ3) is 4.07. The minimum Gasteiger partial charge on any atom is -0.371 e. The summed E-state index contributed by atoms with van der Waals surface area (Å²) in [6.45, 7) is 4.92. The summed E-state index contributed by atoms with van der Waals surface area (Å²) < 4.78 is 0. The second-order valence-corrected chi connectivity index (χ2v) is 4.96. The molecule has 1 aromatic carbocycles. The number of benzene rings is 1. The summed E-state index contributed by atoms with van der Waals surface area (Å²) in [5, 5.41) is 0. The summed E-state index contributed by atoms with van der Waals surface area (Å²) in [6.07, 6.45) is 5.90. The molecule has 20 heavy (non-hydrogen) atoms. The highest BCUT2D eigenvalue weighted by Crippen LogP contribution is 2.16. The average Bonchev–Trinajstić information content (AvgIpc) is 2.52. The van der Waals surface area contributed by atoms with E-state index in [0.717, 1.165) is 25.9 Å². The van der Waals surface area contributed by atoms with Gasteiger partial charge in [0.25, 0.3) is 0 Å². The molecular weight excluding hydrogens is 246 g/mol. The van der Waals surface area contributed by atoms with Gasteiger partial charge in [0.2, 0.25) is 0 Å². The predicted octanol–water partition coefficient (Wildman–Crippen LogP) is 3.00. The molecular formula is C17H23N3. The molecule has 0 aliphatic heterocycles. The summed E-state index contributed by atoms with van der Waals surface area (Å²) in [5.41, 5.74) is 9.44. The van der Waals surface area contributed by atoms with Crippen LogP contribution in [0.4, 0.5) is 5.69 Å². The molecule has 2 N–H and O–H groups in total. The summed E-state index contributed by atoms with van der Waals surface area (Å²) in [7, 11) is 0. The monoisotopic (exact) mass is 269 g/mol. The first-order valence-corrected chi connectivity index (χ1v) is 7.26. The number of pyridine rings is 1. The molecule has 0 saturated carbocycles. The molecule has 0 saturated heterocycles. The van der Waals surface area contributed by atoms with Crippen LogP contribution in [0.15, 0.2) is 48.8 Å². The van der Waals surface area contributed by atoms with E-state index in [-0.39, 0.29) is 0 Å². The lowest BCUT2D eigenvalue weighted by atomic mass is 10.1. The van der Waals surface area contributed by atoms with Crippen molar-refractivity contribution in [3.05, 3.63) is 59.9 Å². The lowest BCUT2D eigenvalue weighted by molar-refractivity contribution is 0.755. The molecule has 0 aliphatic rings. The van der Waals surface area contributed by atoms with Crippen LogP contribution in [-0.4, -0.2) is 18.1 Å². The molecule has 2 aromatic rings. The molecule has 3 nitrogen and oxygen atoms in total. The third-order valence-corrected chi connectivity index (χ3v) is 3.45. The first-order chi connectivity index (χ1) is 9.83. The number of nitrogens with two attached hydrogens (primary N) is 1. The van der Waals surface area contributed by atoms with Crippen molar-refractivity contribution in [1.29, 1.82) is 0 Å². The van der Waals surface area contributed by atoms with E-state index < -0.39 is 0 Å². The highest BCUT2D eigenvalue weighted by Gasteiger charge is 2.05. The summed E-state index contributed by atoms with van der Waals surface area (Å²) in [6, 6.07) is 12.7. The largest absolute Gasteiger partial charge is 0.371 e. The van der Waals surface area contributed by atoms with Crippen molar-refractivity contribution < 1.29 is 0 Å². The van der Waals surface area contributed by atoms with Crippen LogP contribution in [0, 0.1) is 0 Å². The van der Waals surface area contributed by atoms with Crippen molar-refractivity contribution in [1.82, 2.24) is 4.98 Å². The fourth-order valence-corrected chi connectivity index (χ4v) is 2.30. The predicted molar refractivity (Wildman–Crippen MR) is 84.8 cm³/mol. The quantitative estimate of drug-likeness (QED) is 0.840. The number of nitrogens with zero attached hydrogens (tertiary/aromatic N) is 2. The van der Waals surface area contributed by atoms with E-state index in [1.807, 2.05) is 12.4 Å². The zero-order valence-corrected chi connectivity index (χ0v) is 12.1. The maximum Gasteiger partial charge on any atom is 0.0366 e. The minimum absolute atomic E-state index is 0.602. The molecule has 3 heteroatoms. The molecule has 0 bridgehead atoms. The van der Waals surface area contributed by atoms with Crippen molar-refractivity contribution in [2.24, 2.45) is 5.73 Å². The number of aromatic nitrogens is 1. The Balaban J connectivity index is 2.02. The SMILES string of the molecule is CCCN(CCc1ccncc1)c1ccc(CN)cc1. The Morgan fingerprint density at radius 2 is 1.65 bits per heavy atom. The van der Waals surface area contributed by atoms with Gasteiger partial charge in [0, 0.05) is 37.7 Å². The van der Waals surface area contributed by atoms with Crippen LogP contribution in [0.5, 0.6) is 0 Å². The van der Waals surface area contributed by atoms with Crippen molar-refractivity contribution in [3.8, 4) is 0 Å². The zero-order valence-electron chi connectivity index (χ0n) is 12.1. The number of rotatable bonds is 7. The number of hydrogen-bond donors (Lipinski definition) is 1. The van der Waals surface area contributed by atoms with Crippen LogP contribution in [0.1, 0.15) is 24.5 Å². The minimum atomic E-state index is 0.602. The van der Waals surface area contributed by atoms with Crippen LogP contribution >= 0.6 is 0 Å². The molecule has 0 unspecified atom stereocenters. The Hall–Kier alpha value is -1.87. The van der Waals surface area contributed by atoms with Crippen molar-refractivity contribution in [2.45, 2.75) is 26.3 Å². The summed E-state index contributed by atoms with van der Waals surface area (Å²) in [5.74, 6) is 0. The van der Waals surface area contributed by atoms with E-state index >= 15 is 0 Å². The van der Waals surface area contributed by atoms with E-state index in [4.69, 9.17) is 5.73 Å². The number of anilines is 1. The van der Waals surface area contributed by atoms with Crippen molar-refractivity contribution >= 4 is 5.69 Å². The Kier molecular flexibility index (Phi) is 5.56. The maximum absolute atomic E-state index is 5.65. The molecule has 1 heterocycles. The molecule has 0 atom stereocenters. The van der Waals surface area contributed by atoms with Crippen LogP contribution < -0.4 is 10.6 Å². The van der Waals surface area contributed by atoms with E-state index in [9.17, 15) is 0 Å². The molecule has 106 valence electrons. The van der Waals surface area contributed by atoms with Gasteiger partial charge in [-0.3, -0.25) is 4.98 Å². The van der Waals surface area contributed by atoms with Gasteiger partial charge in [0.1, 0.15) is 0 Å². The molecule has 2 rings (SSSR count). The number of hydrogen-bond acceptors (Lipinski definition) is 3. The molecule has 0 spiro atoms. The maximum atomic E-state index is 5.65. The lowest BCUT2D eigenvalue weighted by Crippen LogP contribution is -2.26. The first kappa shape index (κ1) is 14.5. The van der Waals surface area contributed by atoms with Crippen LogP contribution in [0.2, 0.25) is 0 Å². The Morgan fingerprint density at radius 3 is 2.25 bits per heavy atom. The van der Waals surface area contributed by atoms with Crippen LogP contribution in [0.25, 0.3) is 0 Å². The van der Waals surface area contributed by atoms with Crippen LogP contribution in [-0.2, 0) is 13.0 Å². The van der Waals surface area contributed by atoms with E-state index in [0.29, 0.717) is 6.54 Å². The average molecular weight is 269 g/mol. The van der Waals surface area contributed by atoms with Gasteiger partial charge in [0.05, 0.1) is 0 Å². The fraction of sp³-hybridized carbons (Fsp3) is 0.353. The Morgan fingerprint density at radius 1 is 0.950 bits per heavy atom. The van der Waals surface area contributed by atoms with E-state index in [2.05, 4.69) is 53.2 Å².